The standard InChI is InChI=1S/C8H11F2N3O2/c1-14-3-6-12-7(15-13-6)5-2-8(9,10)4-11-5/h5,11H,2-4H2,1H3/t5-/m0/s1. The van der Waals surface area contributed by atoms with E-state index in [1.165, 1.54) is 7.11 Å². The van der Waals surface area contributed by atoms with Crippen LogP contribution >= 0.6 is 0 Å². The molecule has 2 rings (SSSR count). The van der Waals surface area contributed by atoms with Crippen LogP contribution in [0.5, 0.6) is 0 Å². The Morgan fingerprint density at radius 3 is 3.07 bits per heavy atom. The maximum Gasteiger partial charge on any atom is 0.262 e. The molecule has 1 aromatic rings. The third-order valence-corrected chi connectivity index (χ3v) is 2.17. The van der Waals surface area contributed by atoms with Crippen LogP contribution in [0.3, 0.4) is 0 Å². The Hall–Kier alpha value is -1.08. The van der Waals surface area contributed by atoms with Gasteiger partial charge < -0.3 is 9.26 Å². The largest absolute Gasteiger partial charge is 0.377 e. The number of aromatic nitrogens is 2. The smallest absolute Gasteiger partial charge is 0.262 e. The Balaban J connectivity index is 2.04. The van der Waals surface area contributed by atoms with Crippen molar-refractivity contribution in [2.45, 2.75) is 25.0 Å². The summed E-state index contributed by atoms with van der Waals surface area (Å²) in [5.74, 6) is -2.13. The number of rotatable bonds is 3. The van der Waals surface area contributed by atoms with Crippen molar-refractivity contribution in [2.24, 2.45) is 0 Å². The lowest BCUT2D eigenvalue weighted by molar-refractivity contribution is 0.0200. The maximum atomic E-state index is 12.9. The van der Waals surface area contributed by atoms with Crippen molar-refractivity contribution in [1.29, 1.82) is 0 Å². The van der Waals surface area contributed by atoms with Gasteiger partial charge in [-0.2, -0.15) is 4.98 Å². The topological polar surface area (TPSA) is 60.2 Å². The molecule has 0 amide bonds. The lowest BCUT2D eigenvalue weighted by Gasteiger charge is -2.04. The fraction of sp³-hybridized carbons (Fsp3) is 0.750. The lowest BCUT2D eigenvalue weighted by atomic mass is 10.2. The van der Waals surface area contributed by atoms with Crippen molar-refractivity contribution < 1.29 is 18.0 Å². The van der Waals surface area contributed by atoms with Gasteiger partial charge in [0.15, 0.2) is 5.82 Å². The second-order valence-electron chi connectivity index (χ2n) is 3.48. The quantitative estimate of drug-likeness (QED) is 0.817. The molecular formula is C8H11F2N3O2. The van der Waals surface area contributed by atoms with Gasteiger partial charge in [-0.25, -0.2) is 8.78 Å². The fourth-order valence-electron chi connectivity index (χ4n) is 1.49. The number of alkyl halides is 2. The molecule has 1 fully saturated rings. The monoisotopic (exact) mass is 219 g/mol. The van der Waals surface area contributed by atoms with Crippen LogP contribution in [0, 0.1) is 0 Å². The van der Waals surface area contributed by atoms with Crippen molar-refractivity contribution in [1.82, 2.24) is 15.5 Å². The number of ether oxygens (including phenoxy) is 1. The Kier molecular flexibility index (Phi) is 2.66. The summed E-state index contributed by atoms with van der Waals surface area (Å²) in [6, 6.07) is -0.557. The van der Waals surface area contributed by atoms with Gasteiger partial charge in [-0.1, -0.05) is 5.16 Å². The van der Waals surface area contributed by atoms with Gasteiger partial charge in [-0.3, -0.25) is 5.32 Å². The predicted molar refractivity (Wildman–Crippen MR) is 45.3 cm³/mol. The van der Waals surface area contributed by atoms with Crippen molar-refractivity contribution in [2.75, 3.05) is 13.7 Å². The normalized spacial score (nSPS) is 24.6. The lowest BCUT2D eigenvalue weighted by Crippen LogP contribution is -2.19. The fourth-order valence-corrected chi connectivity index (χ4v) is 1.49. The number of nitrogens with zero attached hydrogens (tertiary/aromatic N) is 2. The molecule has 2 heterocycles. The van der Waals surface area contributed by atoms with Gasteiger partial charge >= 0.3 is 0 Å². The summed E-state index contributed by atoms with van der Waals surface area (Å²) >= 11 is 0. The summed E-state index contributed by atoms with van der Waals surface area (Å²) in [5.41, 5.74) is 0. The van der Waals surface area contributed by atoms with E-state index in [-0.39, 0.29) is 25.5 Å². The molecule has 0 aromatic carbocycles. The van der Waals surface area contributed by atoms with Crippen LogP contribution in [0.4, 0.5) is 8.78 Å². The molecule has 0 saturated carbocycles. The van der Waals surface area contributed by atoms with Gasteiger partial charge in [0.25, 0.3) is 5.92 Å². The molecule has 1 N–H and O–H groups in total. The second kappa shape index (κ2) is 3.82. The number of hydrogen-bond acceptors (Lipinski definition) is 5. The van der Waals surface area contributed by atoms with Crippen molar-refractivity contribution in [3.05, 3.63) is 11.7 Å². The molecule has 5 nitrogen and oxygen atoms in total. The highest BCUT2D eigenvalue weighted by molar-refractivity contribution is 4.99. The first-order valence-electron chi connectivity index (χ1n) is 4.53. The van der Waals surface area contributed by atoms with Crippen LogP contribution in [-0.4, -0.2) is 29.7 Å². The highest BCUT2D eigenvalue weighted by Gasteiger charge is 2.42. The summed E-state index contributed by atoms with van der Waals surface area (Å²) in [6.07, 6.45) is -0.304. The summed E-state index contributed by atoms with van der Waals surface area (Å²) in [5, 5.41) is 6.23. The van der Waals surface area contributed by atoms with Crippen LogP contribution in [0.2, 0.25) is 0 Å². The molecule has 0 bridgehead atoms. The van der Waals surface area contributed by atoms with Crippen LogP contribution in [0.15, 0.2) is 4.52 Å². The molecule has 1 aliphatic heterocycles. The molecule has 1 aromatic heterocycles. The first kappa shape index (κ1) is 10.4. The molecular weight excluding hydrogens is 208 g/mol. The highest BCUT2D eigenvalue weighted by atomic mass is 19.3. The molecule has 0 radical (unpaired) electrons. The molecule has 1 atom stereocenters. The zero-order valence-electron chi connectivity index (χ0n) is 8.17. The van der Waals surface area contributed by atoms with Crippen molar-refractivity contribution in [3.63, 3.8) is 0 Å². The zero-order chi connectivity index (χ0) is 10.9. The molecule has 84 valence electrons. The van der Waals surface area contributed by atoms with Crippen LogP contribution in [0.1, 0.15) is 24.2 Å². The molecule has 0 unspecified atom stereocenters. The van der Waals surface area contributed by atoms with Gasteiger partial charge in [0.05, 0.1) is 12.6 Å². The van der Waals surface area contributed by atoms with E-state index in [0.717, 1.165) is 0 Å². The molecule has 15 heavy (non-hydrogen) atoms. The first-order chi connectivity index (χ1) is 7.11. The van der Waals surface area contributed by atoms with Crippen LogP contribution in [0.25, 0.3) is 0 Å². The van der Waals surface area contributed by atoms with Gasteiger partial charge in [0, 0.05) is 13.5 Å². The zero-order valence-corrected chi connectivity index (χ0v) is 8.17. The minimum absolute atomic E-state index is 0.194. The Morgan fingerprint density at radius 1 is 1.67 bits per heavy atom. The average molecular weight is 219 g/mol. The summed E-state index contributed by atoms with van der Waals surface area (Å²) in [7, 11) is 1.50. The number of hydrogen-bond donors (Lipinski definition) is 1. The van der Waals surface area contributed by atoms with Gasteiger partial charge in [-0.05, 0) is 0 Å². The Labute approximate surface area is 84.8 Å². The highest BCUT2D eigenvalue weighted by Crippen LogP contribution is 2.32. The third kappa shape index (κ3) is 2.29. The van der Waals surface area contributed by atoms with Gasteiger partial charge in [0.1, 0.15) is 6.61 Å². The SMILES string of the molecule is COCc1noc([C@@H]2CC(F)(F)CN2)n1. The molecule has 1 saturated heterocycles. The Morgan fingerprint density at radius 2 is 2.47 bits per heavy atom. The van der Waals surface area contributed by atoms with E-state index in [2.05, 4.69) is 15.5 Å². The predicted octanol–water partition coefficient (Wildman–Crippen LogP) is 0.886. The van der Waals surface area contributed by atoms with E-state index in [0.29, 0.717) is 5.82 Å². The van der Waals surface area contributed by atoms with Crippen molar-refractivity contribution >= 4 is 0 Å². The number of nitrogens with one attached hydrogen (secondary N) is 1. The number of methoxy groups -OCH3 is 1. The van der Waals surface area contributed by atoms with Gasteiger partial charge in [0.2, 0.25) is 5.89 Å². The van der Waals surface area contributed by atoms with Gasteiger partial charge in [-0.15, -0.1) is 0 Å². The minimum atomic E-state index is -2.69. The van der Waals surface area contributed by atoms with E-state index in [1.807, 2.05) is 0 Å². The molecule has 0 spiro atoms. The average Bonchev–Trinajstić information content (AvgIpc) is 2.73. The number of halogens is 2. The summed E-state index contributed by atoms with van der Waals surface area (Å²) in [4.78, 5) is 3.95. The Bertz CT molecular complexity index is 342. The van der Waals surface area contributed by atoms with Crippen molar-refractivity contribution in [3.8, 4) is 0 Å². The van der Waals surface area contributed by atoms with E-state index in [9.17, 15) is 8.78 Å². The first-order valence-corrected chi connectivity index (χ1v) is 4.53. The van der Waals surface area contributed by atoms with E-state index in [1.54, 1.807) is 0 Å². The van der Waals surface area contributed by atoms with Crippen LogP contribution < -0.4 is 5.32 Å². The molecule has 7 heteroatoms. The summed E-state index contributed by atoms with van der Waals surface area (Å²) in [6.45, 7) is -0.133. The second-order valence-corrected chi connectivity index (χ2v) is 3.48. The van der Waals surface area contributed by atoms with E-state index >= 15 is 0 Å². The summed E-state index contributed by atoms with van der Waals surface area (Å²) < 4.78 is 35.4. The van der Waals surface area contributed by atoms with E-state index in [4.69, 9.17) is 9.26 Å². The molecule has 0 aliphatic carbocycles. The third-order valence-electron chi connectivity index (χ3n) is 2.17. The van der Waals surface area contributed by atoms with E-state index < -0.39 is 12.0 Å². The maximum absolute atomic E-state index is 12.9. The minimum Gasteiger partial charge on any atom is -0.377 e. The van der Waals surface area contributed by atoms with Crippen LogP contribution in [-0.2, 0) is 11.3 Å². The molecule has 1 aliphatic rings.